The van der Waals surface area contributed by atoms with Crippen LogP contribution < -0.4 is 21.3 Å². The highest BCUT2D eigenvalue weighted by Gasteiger charge is 2.42. The molecular formula is C14H22Cl2N4O2. The predicted octanol–water partition coefficient (Wildman–Crippen LogP) is -0.312. The first-order valence-electron chi connectivity index (χ1n) is 7.90. The van der Waals surface area contributed by atoms with Crippen molar-refractivity contribution in [1.29, 1.82) is 0 Å². The lowest BCUT2D eigenvalue weighted by Crippen LogP contribution is -2.71. The number of hydrogen-bond acceptors (Lipinski definition) is 4. The van der Waals surface area contributed by atoms with Crippen LogP contribution in [0.3, 0.4) is 0 Å². The molecule has 3 heterocycles. The molecule has 2 unspecified atom stereocenters. The normalized spacial score (nSPS) is 43.4. The Morgan fingerprint density at radius 2 is 1.14 bits per heavy atom. The minimum absolute atomic E-state index is 0.0496. The van der Waals surface area contributed by atoms with Crippen molar-refractivity contribution in [2.45, 2.75) is 60.6 Å². The number of piperazine rings is 1. The Morgan fingerprint density at radius 3 is 1.45 bits per heavy atom. The van der Waals surface area contributed by atoms with Gasteiger partial charge in [-0.15, -0.1) is 23.2 Å². The van der Waals surface area contributed by atoms with E-state index < -0.39 is 12.1 Å². The zero-order valence-electron chi connectivity index (χ0n) is 12.3. The highest BCUT2D eigenvalue weighted by Crippen LogP contribution is 2.20. The van der Waals surface area contributed by atoms with E-state index in [1.54, 1.807) is 0 Å². The van der Waals surface area contributed by atoms with Crippen LogP contribution in [-0.4, -0.2) is 59.8 Å². The van der Waals surface area contributed by atoms with Crippen molar-refractivity contribution in [3.8, 4) is 0 Å². The van der Waals surface area contributed by atoms with Crippen LogP contribution in [0.4, 0.5) is 0 Å². The highest BCUT2D eigenvalue weighted by molar-refractivity contribution is 6.21. The molecule has 0 spiro atoms. The van der Waals surface area contributed by atoms with Crippen LogP contribution in [0.1, 0.15) is 25.7 Å². The fraction of sp³-hybridized carbons (Fsp3) is 0.857. The minimum Gasteiger partial charge on any atom is -0.341 e. The Labute approximate surface area is 140 Å². The van der Waals surface area contributed by atoms with E-state index in [1.807, 2.05) is 0 Å². The van der Waals surface area contributed by atoms with Gasteiger partial charge in [0.1, 0.15) is 12.1 Å². The Bertz CT molecular complexity index is 395. The fourth-order valence-corrected chi connectivity index (χ4v) is 3.87. The largest absolute Gasteiger partial charge is 0.341 e. The van der Waals surface area contributed by atoms with Gasteiger partial charge in [0.25, 0.3) is 0 Å². The molecule has 0 bridgehead atoms. The number of nitrogens with one attached hydrogen (secondary N) is 4. The van der Waals surface area contributed by atoms with E-state index in [1.165, 1.54) is 0 Å². The Hall–Kier alpha value is -0.560. The van der Waals surface area contributed by atoms with Gasteiger partial charge in [0.2, 0.25) is 11.8 Å². The van der Waals surface area contributed by atoms with Crippen LogP contribution in [0, 0.1) is 0 Å². The fourth-order valence-electron chi connectivity index (χ4n) is 3.44. The maximum atomic E-state index is 12.4. The Balaban J connectivity index is 1.59. The monoisotopic (exact) mass is 348 g/mol. The molecular weight excluding hydrogens is 327 g/mol. The third-order valence-electron chi connectivity index (χ3n) is 4.75. The topological polar surface area (TPSA) is 82.3 Å². The molecule has 0 aromatic rings. The quantitative estimate of drug-likeness (QED) is 0.516. The highest BCUT2D eigenvalue weighted by atomic mass is 35.5. The molecule has 22 heavy (non-hydrogen) atoms. The third-order valence-corrected chi connectivity index (χ3v) is 5.50. The molecule has 6 nitrogen and oxygen atoms in total. The van der Waals surface area contributed by atoms with Gasteiger partial charge in [-0.25, -0.2) is 0 Å². The molecule has 0 aromatic carbocycles. The summed E-state index contributed by atoms with van der Waals surface area (Å²) in [6, 6.07) is -1.13. The van der Waals surface area contributed by atoms with E-state index in [9.17, 15) is 9.59 Å². The van der Waals surface area contributed by atoms with Crippen LogP contribution in [0.2, 0.25) is 0 Å². The number of halogens is 2. The lowest BCUT2D eigenvalue weighted by Gasteiger charge is -2.40. The summed E-state index contributed by atoms with van der Waals surface area (Å²) in [5.74, 6) is -0.241. The molecule has 4 N–H and O–H groups in total. The average molecular weight is 349 g/mol. The molecule has 6 atom stereocenters. The summed E-state index contributed by atoms with van der Waals surface area (Å²) in [5.41, 5.74) is 0. The average Bonchev–Trinajstić information content (AvgIpc) is 2.51. The molecule has 3 rings (SSSR count). The molecule has 0 aliphatic carbocycles. The van der Waals surface area contributed by atoms with E-state index in [4.69, 9.17) is 23.2 Å². The first kappa shape index (κ1) is 16.3. The smallest absolute Gasteiger partial charge is 0.244 e. The summed E-state index contributed by atoms with van der Waals surface area (Å²) in [4.78, 5) is 24.8. The zero-order chi connectivity index (χ0) is 15.7. The first-order valence-corrected chi connectivity index (χ1v) is 8.77. The van der Waals surface area contributed by atoms with Crippen molar-refractivity contribution < 1.29 is 9.59 Å². The number of piperidine rings is 2. The van der Waals surface area contributed by atoms with Crippen molar-refractivity contribution in [2.75, 3.05) is 13.1 Å². The summed E-state index contributed by atoms with van der Waals surface area (Å²) >= 11 is 12.1. The zero-order valence-corrected chi connectivity index (χ0v) is 13.8. The molecule has 0 aromatic heterocycles. The summed E-state index contributed by atoms with van der Waals surface area (Å²) in [6.45, 7) is 1.33. The molecule has 3 fully saturated rings. The van der Waals surface area contributed by atoms with Crippen molar-refractivity contribution in [3.05, 3.63) is 0 Å². The molecule has 0 radical (unpaired) electrons. The van der Waals surface area contributed by atoms with Crippen LogP contribution in [0.5, 0.6) is 0 Å². The van der Waals surface area contributed by atoms with Crippen molar-refractivity contribution in [3.63, 3.8) is 0 Å². The second kappa shape index (κ2) is 6.91. The van der Waals surface area contributed by atoms with Crippen LogP contribution in [-0.2, 0) is 9.59 Å². The lowest BCUT2D eigenvalue weighted by molar-refractivity contribution is -0.138. The minimum atomic E-state index is -0.516. The summed E-state index contributed by atoms with van der Waals surface area (Å²) in [5, 5.41) is 12.5. The van der Waals surface area contributed by atoms with Gasteiger partial charge in [-0.05, 0) is 25.7 Å². The van der Waals surface area contributed by atoms with Crippen molar-refractivity contribution >= 4 is 35.0 Å². The number of carbonyl (C=O) groups is 2. The van der Waals surface area contributed by atoms with Gasteiger partial charge in [0.15, 0.2) is 0 Å². The number of alkyl halides is 2. The van der Waals surface area contributed by atoms with Gasteiger partial charge >= 0.3 is 0 Å². The summed E-state index contributed by atoms with van der Waals surface area (Å²) < 4.78 is 0. The second-order valence-corrected chi connectivity index (χ2v) is 7.59. The number of amides is 2. The van der Waals surface area contributed by atoms with E-state index in [-0.39, 0.29) is 34.7 Å². The lowest BCUT2D eigenvalue weighted by atomic mass is 9.91. The molecule has 2 amide bonds. The van der Waals surface area contributed by atoms with Crippen LogP contribution in [0.25, 0.3) is 0 Å². The predicted molar refractivity (Wildman–Crippen MR) is 85.2 cm³/mol. The number of hydrogen-bond donors (Lipinski definition) is 4. The van der Waals surface area contributed by atoms with Crippen LogP contribution >= 0.6 is 23.2 Å². The number of rotatable bonds is 2. The second-order valence-electron chi connectivity index (χ2n) is 6.35. The van der Waals surface area contributed by atoms with Gasteiger partial charge in [0, 0.05) is 35.9 Å². The van der Waals surface area contributed by atoms with E-state index >= 15 is 0 Å². The molecule has 0 saturated carbocycles. The Kier molecular flexibility index (Phi) is 5.12. The Morgan fingerprint density at radius 1 is 0.727 bits per heavy atom. The standard InChI is InChI=1S/C14H22Cl2N4O2/c15-7-1-3-9(17-5-7)11-13(21)20-12(14(22)19-11)10-4-2-8(16)6-18-10/h7-12,17-18H,1-6H2,(H,19,22)(H,20,21)/t7-,8-,9+,10?,11?,12+/m1/s1. The van der Waals surface area contributed by atoms with Crippen molar-refractivity contribution in [1.82, 2.24) is 21.3 Å². The van der Waals surface area contributed by atoms with E-state index in [0.29, 0.717) is 13.1 Å². The maximum absolute atomic E-state index is 12.4. The van der Waals surface area contributed by atoms with Gasteiger partial charge in [-0.1, -0.05) is 0 Å². The summed E-state index contributed by atoms with van der Waals surface area (Å²) in [6.07, 6.45) is 3.27. The third kappa shape index (κ3) is 3.50. The van der Waals surface area contributed by atoms with Gasteiger partial charge in [0.05, 0.1) is 0 Å². The molecule has 124 valence electrons. The molecule has 3 aliphatic rings. The SMILES string of the molecule is O=C1N[C@@H](C2CC[C@@H](Cl)CN2)C(=O)NC1[C@@H]1CC[C@@H](Cl)CN1. The van der Waals surface area contributed by atoms with Crippen molar-refractivity contribution in [2.24, 2.45) is 0 Å². The molecule has 3 saturated heterocycles. The summed E-state index contributed by atoms with van der Waals surface area (Å²) in [7, 11) is 0. The van der Waals surface area contributed by atoms with E-state index in [0.717, 1.165) is 25.7 Å². The van der Waals surface area contributed by atoms with Gasteiger partial charge in [-0.3, -0.25) is 9.59 Å². The molecule has 3 aliphatic heterocycles. The van der Waals surface area contributed by atoms with E-state index in [2.05, 4.69) is 21.3 Å². The molecule has 8 heteroatoms. The first-order chi connectivity index (χ1) is 10.5. The van der Waals surface area contributed by atoms with Crippen LogP contribution in [0.15, 0.2) is 0 Å². The van der Waals surface area contributed by atoms with Gasteiger partial charge in [-0.2, -0.15) is 0 Å². The van der Waals surface area contributed by atoms with Gasteiger partial charge < -0.3 is 21.3 Å². The maximum Gasteiger partial charge on any atom is 0.244 e. The number of carbonyl (C=O) groups excluding carboxylic acids is 2.